The average molecular weight is 374 g/mol. The van der Waals surface area contributed by atoms with Crippen molar-refractivity contribution in [1.82, 2.24) is 14.8 Å². The van der Waals surface area contributed by atoms with Crippen LogP contribution >= 0.6 is 11.6 Å². The van der Waals surface area contributed by atoms with Gasteiger partial charge in [-0.15, -0.1) is 0 Å². The lowest BCUT2D eigenvalue weighted by Crippen LogP contribution is -2.08. The molecular weight excluding hydrogens is 358 g/mol. The van der Waals surface area contributed by atoms with E-state index in [0.29, 0.717) is 28.7 Å². The van der Waals surface area contributed by atoms with Gasteiger partial charge in [0.2, 0.25) is 5.88 Å². The Morgan fingerprint density at radius 1 is 1.23 bits per heavy atom. The molecule has 134 valence electrons. The normalized spacial score (nSPS) is 10.7. The molecule has 3 rings (SSSR count). The quantitative estimate of drug-likeness (QED) is 0.661. The van der Waals surface area contributed by atoms with Crippen LogP contribution < -0.4 is 4.74 Å². The maximum Gasteiger partial charge on any atom is 0.335 e. The zero-order chi connectivity index (χ0) is 18.5. The molecule has 0 aliphatic heterocycles. The van der Waals surface area contributed by atoms with Crippen molar-refractivity contribution in [3.05, 3.63) is 70.5 Å². The van der Waals surface area contributed by atoms with E-state index in [2.05, 4.69) is 10.1 Å². The molecule has 0 amide bonds. The number of pyridine rings is 1. The Hall–Kier alpha value is -2.90. The highest BCUT2D eigenvalue weighted by molar-refractivity contribution is 6.30. The molecular formula is C18H16ClN3O4. The number of halogens is 1. The fourth-order valence-corrected chi connectivity index (χ4v) is 2.51. The number of aromatic carboxylic acids is 1. The number of aromatic nitrogens is 3. The van der Waals surface area contributed by atoms with Gasteiger partial charge in [-0.05, 0) is 29.8 Å². The number of carbonyl (C=O) groups is 1. The predicted molar refractivity (Wildman–Crippen MR) is 94.9 cm³/mol. The van der Waals surface area contributed by atoms with E-state index in [0.717, 1.165) is 5.56 Å². The van der Waals surface area contributed by atoms with E-state index in [1.807, 2.05) is 12.1 Å². The highest BCUT2D eigenvalue weighted by atomic mass is 35.5. The first kappa shape index (κ1) is 17.9. The summed E-state index contributed by atoms with van der Waals surface area (Å²) in [7, 11) is 0. The van der Waals surface area contributed by atoms with Crippen molar-refractivity contribution in [1.29, 1.82) is 0 Å². The molecule has 7 nitrogen and oxygen atoms in total. The fourth-order valence-electron chi connectivity index (χ4n) is 2.38. The topological polar surface area (TPSA) is 97.5 Å². The Balaban J connectivity index is 1.92. The molecule has 2 aromatic heterocycles. The highest BCUT2D eigenvalue weighted by Gasteiger charge is 2.16. The maximum absolute atomic E-state index is 11.2. The van der Waals surface area contributed by atoms with Crippen molar-refractivity contribution in [2.75, 3.05) is 6.61 Å². The van der Waals surface area contributed by atoms with E-state index < -0.39 is 5.97 Å². The molecule has 26 heavy (non-hydrogen) atoms. The summed E-state index contributed by atoms with van der Waals surface area (Å²) in [6, 6.07) is 10.0. The molecule has 0 atom stereocenters. The standard InChI is InChI=1S/C18H16ClN3O4/c19-15-3-1-12(2-4-15)11-26-17-14(6-8-23)10-21-22(17)16-9-13(18(24)25)5-7-20-16/h1-5,7,9-10,23H,6,8,11H2,(H,24,25). The number of rotatable bonds is 7. The van der Waals surface area contributed by atoms with Crippen LogP contribution in [0.3, 0.4) is 0 Å². The second-order valence-electron chi connectivity index (χ2n) is 5.48. The van der Waals surface area contributed by atoms with Crippen LogP contribution in [0.4, 0.5) is 0 Å². The molecule has 8 heteroatoms. The molecule has 0 unspecified atom stereocenters. The third kappa shape index (κ3) is 4.01. The lowest BCUT2D eigenvalue weighted by atomic mass is 10.2. The summed E-state index contributed by atoms with van der Waals surface area (Å²) >= 11 is 5.88. The van der Waals surface area contributed by atoms with E-state index >= 15 is 0 Å². The first-order chi connectivity index (χ1) is 12.6. The van der Waals surface area contributed by atoms with Crippen LogP contribution in [0.15, 0.2) is 48.8 Å². The molecule has 0 aliphatic carbocycles. The molecule has 0 fully saturated rings. The minimum Gasteiger partial charge on any atom is -0.478 e. The summed E-state index contributed by atoms with van der Waals surface area (Å²) in [5, 5.41) is 23.3. The second kappa shape index (κ2) is 7.99. The molecule has 2 heterocycles. The summed E-state index contributed by atoms with van der Waals surface area (Å²) in [4.78, 5) is 15.4. The molecule has 0 radical (unpaired) electrons. The van der Waals surface area contributed by atoms with Crippen LogP contribution in [0.1, 0.15) is 21.5 Å². The Bertz CT molecular complexity index is 909. The van der Waals surface area contributed by atoms with E-state index in [1.165, 1.54) is 23.0 Å². The van der Waals surface area contributed by atoms with Crippen LogP contribution in [0.25, 0.3) is 5.82 Å². The van der Waals surface area contributed by atoms with Gasteiger partial charge in [-0.2, -0.15) is 9.78 Å². The molecule has 0 spiro atoms. The van der Waals surface area contributed by atoms with Crippen LogP contribution in [0.5, 0.6) is 5.88 Å². The number of carboxylic acids is 1. The number of carboxylic acid groups (broad SMARTS) is 1. The van der Waals surface area contributed by atoms with Crippen LogP contribution in [-0.2, 0) is 13.0 Å². The van der Waals surface area contributed by atoms with E-state index in [-0.39, 0.29) is 18.8 Å². The zero-order valence-electron chi connectivity index (χ0n) is 13.7. The number of ether oxygens (including phenoxy) is 1. The molecule has 0 saturated heterocycles. The number of benzene rings is 1. The summed E-state index contributed by atoms with van der Waals surface area (Å²) in [6.07, 6.45) is 3.33. The van der Waals surface area contributed by atoms with Gasteiger partial charge in [0.15, 0.2) is 5.82 Å². The third-order valence-corrected chi connectivity index (χ3v) is 3.93. The van der Waals surface area contributed by atoms with Gasteiger partial charge in [0.05, 0.1) is 11.8 Å². The first-order valence-electron chi connectivity index (χ1n) is 7.83. The molecule has 3 aromatic rings. The number of hydrogen-bond donors (Lipinski definition) is 2. The Morgan fingerprint density at radius 3 is 2.69 bits per heavy atom. The van der Waals surface area contributed by atoms with Crippen LogP contribution in [0.2, 0.25) is 5.02 Å². The summed E-state index contributed by atoms with van der Waals surface area (Å²) in [6.45, 7) is 0.200. The first-order valence-corrected chi connectivity index (χ1v) is 8.21. The van der Waals surface area contributed by atoms with E-state index in [1.54, 1.807) is 18.3 Å². The van der Waals surface area contributed by atoms with Crippen LogP contribution in [-0.4, -0.2) is 37.6 Å². The fraction of sp³-hybridized carbons (Fsp3) is 0.167. The van der Waals surface area contributed by atoms with Gasteiger partial charge in [0, 0.05) is 29.8 Å². The largest absolute Gasteiger partial charge is 0.478 e. The Morgan fingerprint density at radius 2 is 2.00 bits per heavy atom. The Labute approximate surface area is 154 Å². The third-order valence-electron chi connectivity index (χ3n) is 3.68. The number of hydrogen-bond acceptors (Lipinski definition) is 5. The smallest absolute Gasteiger partial charge is 0.335 e. The Kier molecular flexibility index (Phi) is 5.50. The van der Waals surface area contributed by atoms with Crippen molar-refractivity contribution in [3.8, 4) is 11.7 Å². The van der Waals surface area contributed by atoms with Crippen molar-refractivity contribution >= 4 is 17.6 Å². The average Bonchev–Trinajstić information content (AvgIpc) is 3.04. The maximum atomic E-state index is 11.2. The van der Waals surface area contributed by atoms with Crippen molar-refractivity contribution in [2.24, 2.45) is 0 Å². The highest BCUT2D eigenvalue weighted by Crippen LogP contribution is 2.24. The van der Waals surface area contributed by atoms with Gasteiger partial charge in [0.1, 0.15) is 6.61 Å². The molecule has 2 N–H and O–H groups in total. The van der Waals surface area contributed by atoms with E-state index in [4.69, 9.17) is 21.4 Å². The monoisotopic (exact) mass is 373 g/mol. The lowest BCUT2D eigenvalue weighted by Gasteiger charge is -2.11. The van der Waals surface area contributed by atoms with Crippen LogP contribution in [0, 0.1) is 0 Å². The SMILES string of the molecule is O=C(O)c1ccnc(-n2ncc(CCO)c2OCc2ccc(Cl)cc2)c1. The molecule has 0 aliphatic rings. The molecule has 0 saturated carbocycles. The summed E-state index contributed by atoms with van der Waals surface area (Å²) in [5.74, 6) is -0.329. The number of aliphatic hydroxyl groups excluding tert-OH is 1. The van der Waals surface area contributed by atoms with Crippen molar-refractivity contribution in [3.63, 3.8) is 0 Å². The van der Waals surface area contributed by atoms with Gasteiger partial charge in [-0.1, -0.05) is 23.7 Å². The zero-order valence-corrected chi connectivity index (χ0v) is 14.4. The second-order valence-corrected chi connectivity index (χ2v) is 5.92. The van der Waals surface area contributed by atoms with Crippen molar-refractivity contribution in [2.45, 2.75) is 13.0 Å². The number of aliphatic hydroxyl groups is 1. The van der Waals surface area contributed by atoms with Gasteiger partial charge < -0.3 is 14.9 Å². The van der Waals surface area contributed by atoms with Gasteiger partial charge in [-0.3, -0.25) is 0 Å². The molecule has 1 aromatic carbocycles. The lowest BCUT2D eigenvalue weighted by molar-refractivity contribution is 0.0696. The van der Waals surface area contributed by atoms with Gasteiger partial charge >= 0.3 is 5.97 Å². The van der Waals surface area contributed by atoms with Gasteiger partial charge in [-0.25, -0.2) is 9.78 Å². The van der Waals surface area contributed by atoms with Gasteiger partial charge in [0.25, 0.3) is 0 Å². The summed E-state index contributed by atoms with van der Waals surface area (Å²) in [5.41, 5.74) is 1.70. The molecule has 0 bridgehead atoms. The summed E-state index contributed by atoms with van der Waals surface area (Å²) < 4.78 is 7.32. The minimum atomic E-state index is -1.06. The predicted octanol–water partition coefficient (Wildman–Crippen LogP) is 2.73. The van der Waals surface area contributed by atoms with E-state index in [9.17, 15) is 9.90 Å². The minimum absolute atomic E-state index is 0.0639. The van der Waals surface area contributed by atoms with Crippen molar-refractivity contribution < 1.29 is 19.7 Å². The number of nitrogens with zero attached hydrogens (tertiary/aromatic N) is 3.